The molecule has 40 heavy (non-hydrogen) atoms. The van der Waals surface area contributed by atoms with Crippen LogP contribution in [0.5, 0.6) is 0 Å². The lowest BCUT2D eigenvalue weighted by Gasteiger charge is -2.45. The van der Waals surface area contributed by atoms with E-state index >= 15 is 0 Å². The number of esters is 2. The molecule has 1 fully saturated rings. The summed E-state index contributed by atoms with van der Waals surface area (Å²) in [4.78, 5) is 36.1. The highest BCUT2D eigenvalue weighted by molar-refractivity contribution is 5.73. The van der Waals surface area contributed by atoms with Crippen molar-refractivity contribution in [2.75, 3.05) is 6.61 Å². The summed E-state index contributed by atoms with van der Waals surface area (Å²) >= 11 is 0. The molecule has 0 aromatic heterocycles. The second-order valence-corrected chi connectivity index (χ2v) is 9.53. The number of hydrogen-bond donors (Lipinski definition) is 2. The smallest absolute Gasteiger partial charge is 0.303 e. The number of carbonyl (C=O) groups is 3. The van der Waals surface area contributed by atoms with Crippen molar-refractivity contribution in [3.8, 4) is 0 Å². The van der Waals surface area contributed by atoms with Gasteiger partial charge in [0.25, 0.3) is 0 Å². The molecule has 1 saturated heterocycles. The maximum absolute atomic E-state index is 12.2. The van der Waals surface area contributed by atoms with Crippen LogP contribution in [0.3, 0.4) is 0 Å². The summed E-state index contributed by atoms with van der Waals surface area (Å²) in [6.45, 7) is 3.47. The SMILES string of the molecule is CC(=O)N[C@@H]1C(O)O[C@H](COC(c2ccccc2)(c2ccccc2)c2ccccc2)[C@@H](OC(C)=O)[C@@H]1OC(C)=O. The van der Waals surface area contributed by atoms with Crippen LogP contribution in [-0.4, -0.2) is 60.2 Å². The van der Waals surface area contributed by atoms with Crippen molar-refractivity contribution in [3.05, 3.63) is 108 Å². The van der Waals surface area contributed by atoms with Crippen LogP contribution < -0.4 is 5.32 Å². The van der Waals surface area contributed by atoms with Crippen molar-refractivity contribution in [3.63, 3.8) is 0 Å². The fourth-order valence-electron chi connectivity index (χ4n) is 5.08. The first-order chi connectivity index (χ1) is 19.2. The quantitative estimate of drug-likeness (QED) is 0.310. The van der Waals surface area contributed by atoms with Gasteiger partial charge in [-0.3, -0.25) is 14.4 Å². The second kappa shape index (κ2) is 12.9. The number of aliphatic hydroxyl groups excluding tert-OH is 1. The lowest BCUT2D eigenvalue weighted by Crippen LogP contribution is -2.66. The number of amides is 1. The number of hydrogen-bond acceptors (Lipinski definition) is 8. The Balaban J connectivity index is 1.79. The van der Waals surface area contributed by atoms with E-state index in [1.807, 2.05) is 91.0 Å². The van der Waals surface area contributed by atoms with Gasteiger partial charge in [-0.2, -0.15) is 0 Å². The summed E-state index contributed by atoms with van der Waals surface area (Å²) in [6.07, 6.45) is -5.07. The van der Waals surface area contributed by atoms with E-state index in [0.717, 1.165) is 16.7 Å². The summed E-state index contributed by atoms with van der Waals surface area (Å²) in [7, 11) is 0. The molecule has 3 aromatic rings. The van der Waals surface area contributed by atoms with Crippen LogP contribution in [0.25, 0.3) is 0 Å². The van der Waals surface area contributed by atoms with Gasteiger partial charge in [0.15, 0.2) is 18.5 Å². The minimum Gasteiger partial charge on any atom is -0.456 e. The normalized spacial score (nSPS) is 22.6. The lowest BCUT2D eigenvalue weighted by molar-refractivity contribution is -0.269. The first kappa shape index (κ1) is 28.9. The summed E-state index contributed by atoms with van der Waals surface area (Å²) < 4.78 is 23.7. The average Bonchev–Trinajstić information content (AvgIpc) is 2.94. The van der Waals surface area contributed by atoms with E-state index < -0.39 is 54.1 Å². The first-order valence-electron chi connectivity index (χ1n) is 13.0. The predicted molar refractivity (Wildman–Crippen MR) is 145 cm³/mol. The van der Waals surface area contributed by atoms with Crippen molar-refractivity contribution in [1.29, 1.82) is 0 Å². The summed E-state index contributed by atoms with van der Waals surface area (Å²) in [5.74, 6) is -1.83. The van der Waals surface area contributed by atoms with Crippen molar-refractivity contribution >= 4 is 17.8 Å². The van der Waals surface area contributed by atoms with Gasteiger partial charge in [0.1, 0.15) is 17.7 Å². The summed E-state index contributed by atoms with van der Waals surface area (Å²) in [5, 5.41) is 13.4. The van der Waals surface area contributed by atoms with E-state index in [2.05, 4.69) is 5.32 Å². The molecule has 0 aliphatic carbocycles. The molecule has 4 rings (SSSR count). The monoisotopic (exact) mass is 547 g/mol. The van der Waals surface area contributed by atoms with Crippen molar-refractivity contribution in [2.45, 2.75) is 57.0 Å². The average molecular weight is 548 g/mol. The van der Waals surface area contributed by atoms with Crippen molar-refractivity contribution < 1.29 is 38.4 Å². The van der Waals surface area contributed by atoms with E-state index in [0.29, 0.717) is 0 Å². The fourth-order valence-corrected chi connectivity index (χ4v) is 5.08. The van der Waals surface area contributed by atoms with Gasteiger partial charge in [-0.1, -0.05) is 91.0 Å². The topological polar surface area (TPSA) is 120 Å². The van der Waals surface area contributed by atoms with Gasteiger partial charge in [-0.25, -0.2) is 0 Å². The van der Waals surface area contributed by atoms with Gasteiger partial charge in [0, 0.05) is 20.8 Å². The van der Waals surface area contributed by atoms with Gasteiger partial charge in [-0.15, -0.1) is 0 Å². The molecule has 1 unspecified atom stereocenters. The van der Waals surface area contributed by atoms with Crippen LogP contribution in [0.1, 0.15) is 37.5 Å². The number of benzene rings is 3. The summed E-state index contributed by atoms with van der Waals surface area (Å²) in [6, 6.07) is 27.8. The Labute approximate surface area is 233 Å². The van der Waals surface area contributed by atoms with E-state index in [9.17, 15) is 19.5 Å². The molecule has 2 N–H and O–H groups in total. The van der Waals surface area contributed by atoms with E-state index in [1.165, 1.54) is 20.8 Å². The van der Waals surface area contributed by atoms with Crippen LogP contribution in [-0.2, 0) is 38.9 Å². The zero-order chi connectivity index (χ0) is 28.7. The third-order valence-electron chi connectivity index (χ3n) is 6.64. The van der Waals surface area contributed by atoms with Crippen molar-refractivity contribution in [2.24, 2.45) is 0 Å². The van der Waals surface area contributed by atoms with E-state index in [-0.39, 0.29) is 6.61 Å². The van der Waals surface area contributed by atoms with Gasteiger partial charge < -0.3 is 29.4 Å². The van der Waals surface area contributed by atoms with Crippen LogP contribution in [0.15, 0.2) is 91.0 Å². The number of carbonyl (C=O) groups excluding carboxylic acids is 3. The molecule has 9 nitrogen and oxygen atoms in total. The largest absolute Gasteiger partial charge is 0.456 e. The number of aliphatic hydroxyl groups is 1. The Morgan fingerprint density at radius 2 is 1.18 bits per heavy atom. The highest BCUT2D eigenvalue weighted by Crippen LogP contribution is 2.41. The molecule has 1 heterocycles. The fraction of sp³-hybridized carbons (Fsp3) is 0.323. The molecule has 0 saturated carbocycles. The van der Waals surface area contributed by atoms with Gasteiger partial charge in [0.2, 0.25) is 5.91 Å². The number of nitrogens with one attached hydrogen (secondary N) is 1. The molecule has 3 aromatic carbocycles. The zero-order valence-electron chi connectivity index (χ0n) is 22.6. The first-order valence-corrected chi connectivity index (χ1v) is 13.0. The molecule has 0 spiro atoms. The van der Waals surface area contributed by atoms with E-state index in [1.54, 1.807) is 0 Å². The Hall–Kier alpha value is -4.05. The molecule has 1 amide bonds. The van der Waals surface area contributed by atoms with Crippen LogP contribution in [0.4, 0.5) is 0 Å². The Bertz CT molecular complexity index is 1190. The van der Waals surface area contributed by atoms with Gasteiger partial charge in [0.05, 0.1) is 6.61 Å². The Morgan fingerprint density at radius 1 is 0.750 bits per heavy atom. The molecular formula is C31H33NO8. The second-order valence-electron chi connectivity index (χ2n) is 9.53. The molecule has 0 radical (unpaired) electrons. The molecule has 5 atom stereocenters. The molecule has 0 bridgehead atoms. The molecule has 1 aliphatic rings. The lowest BCUT2D eigenvalue weighted by atomic mass is 9.80. The van der Waals surface area contributed by atoms with Crippen LogP contribution in [0, 0.1) is 0 Å². The van der Waals surface area contributed by atoms with Crippen molar-refractivity contribution in [1.82, 2.24) is 5.32 Å². The van der Waals surface area contributed by atoms with Gasteiger partial charge >= 0.3 is 11.9 Å². The summed E-state index contributed by atoms with van der Waals surface area (Å²) in [5.41, 5.74) is 1.38. The van der Waals surface area contributed by atoms with Gasteiger partial charge in [-0.05, 0) is 16.7 Å². The maximum Gasteiger partial charge on any atom is 0.303 e. The molecular weight excluding hydrogens is 514 g/mol. The predicted octanol–water partition coefficient (Wildman–Crippen LogP) is 3.08. The maximum atomic E-state index is 12.2. The van der Waals surface area contributed by atoms with Crippen LogP contribution in [0.2, 0.25) is 0 Å². The zero-order valence-corrected chi connectivity index (χ0v) is 22.6. The third kappa shape index (κ3) is 6.39. The minimum absolute atomic E-state index is 0.182. The molecule has 9 heteroatoms. The Kier molecular flexibility index (Phi) is 9.31. The molecule has 1 aliphatic heterocycles. The third-order valence-corrected chi connectivity index (χ3v) is 6.64. The highest BCUT2D eigenvalue weighted by Gasteiger charge is 2.51. The standard InChI is InChI=1S/C31H33NO8/c1-20(33)32-27-29(39-22(3)35)28(38-21(2)34)26(40-30(27)36)19-37-31(23-13-7-4-8-14-23,24-15-9-5-10-16-24)25-17-11-6-12-18-25/h4-18,26-30,36H,19H2,1-3H3,(H,32,33)/t26-,27+,28-,29-,30?/m1/s1. The van der Waals surface area contributed by atoms with E-state index in [4.69, 9.17) is 18.9 Å². The van der Waals surface area contributed by atoms with Crippen LogP contribution >= 0.6 is 0 Å². The molecule has 210 valence electrons. The number of ether oxygens (including phenoxy) is 4. The highest BCUT2D eigenvalue weighted by atomic mass is 16.7. The Morgan fingerprint density at radius 3 is 1.57 bits per heavy atom. The minimum atomic E-state index is -1.58. The number of rotatable bonds is 9.